The normalized spacial score (nSPS) is 9.64. The van der Waals surface area contributed by atoms with Gasteiger partial charge in [-0.15, -0.1) is 0 Å². The molecule has 0 amide bonds. The van der Waals surface area contributed by atoms with E-state index in [-0.39, 0.29) is 5.75 Å². The fourth-order valence-corrected chi connectivity index (χ4v) is 0.846. The van der Waals surface area contributed by atoms with Gasteiger partial charge >= 0.3 is 0 Å². The summed E-state index contributed by atoms with van der Waals surface area (Å²) in [5, 5.41) is 3.31. The number of halogens is 2. The number of nitrogens with zero attached hydrogens (tertiary/aromatic N) is 3. The highest BCUT2D eigenvalue weighted by Gasteiger charge is 2.03. The number of hydrogen-bond acceptors (Lipinski definition) is 2. The van der Waals surface area contributed by atoms with Crippen LogP contribution in [0.3, 0.4) is 0 Å². The summed E-state index contributed by atoms with van der Waals surface area (Å²) in [5.74, 6) is 0.259. The van der Waals surface area contributed by atoms with Gasteiger partial charge in [0.05, 0.1) is 0 Å². The van der Waals surface area contributed by atoms with E-state index in [0.29, 0.717) is 5.69 Å². The molecule has 74 valence electrons. The molecule has 0 saturated heterocycles. The van der Waals surface area contributed by atoms with E-state index in [2.05, 4.69) is 10.0 Å². The lowest BCUT2D eigenvalue weighted by molar-refractivity contribution is 0.0819. The molecule has 0 fully saturated rings. The molecule has 1 aromatic rings. The Bertz CT molecular complexity index is 350. The molecule has 1 rings (SSSR count). The van der Waals surface area contributed by atoms with E-state index in [9.17, 15) is 8.78 Å². The lowest BCUT2D eigenvalue weighted by Crippen LogP contribution is -2.06. The predicted octanol–water partition coefficient (Wildman–Crippen LogP) is 3.27. The van der Waals surface area contributed by atoms with Gasteiger partial charge < -0.3 is 4.74 Å². The van der Waals surface area contributed by atoms with Crippen molar-refractivity contribution in [3.8, 4) is 5.75 Å². The Morgan fingerprint density at radius 2 is 2.29 bits per heavy atom. The molecule has 0 unspecified atom stereocenters. The van der Waals surface area contributed by atoms with Crippen molar-refractivity contribution in [2.45, 2.75) is 6.43 Å². The summed E-state index contributed by atoms with van der Waals surface area (Å²) in [7, 11) is 0. The van der Waals surface area contributed by atoms with Gasteiger partial charge in [0.2, 0.25) is 0 Å². The first-order chi connectivity index (χ1) is 6.72. The number of alkyl halides is 2. The van der Waals surface area contributed by atoms with Crippen molar-refractivity contribution in [2.75, 3.05) is 6.61 Å². The Morgan fingerprint density at radius 1 is 1.50 bits per heavy atom. The molecule has 0 heterocycles. The van der Waals surface area contributed by atoms with E-state index in [0.717, 1.165) is 0 Å². The quantitative estimate of drug-likeness (QED) is 0.417. The predicted molar refractivity (Wildman–Crippen MR) is 46.7 cm³/mol. The fraction of sp³-hybridized carbons (Fsp3) is 0.250. The van der Waals surface area contributed by atoms with Crippen molar-refractivity contribution in [1.82, 2.24) is 0 Å². The first kappa shape index (κ1) is 10.3. The van der Waals surface area contributed by atoms with Crippen LogP contribution in [-0.4, -0.2) is 13.0 Å². The van der Waals surface area contributed by atoms with Gasteiger partial charge in [-0.1, -0.05) is 17.2 Å². The summed E-state index contributed by atoms with van der Waals surface area (Å²) < 4.78 is 28.2. The molecule has 0 aliphatic rings. The van der Waals surface area contributed by atoms with E-state index < -0.39 is 13.0 Å². The van der Waals surface area contributed by atoms with E-state index in [1.165, 1.54) is 12.1 Å². The van der Waals surface area contributed by atoms with Crippen LogP contribution in [0.2, 0.25) is 0 Å². The third-order valence-corrected chi connectivity index (χ3v) is 1.35. The average molecular weight is 199 g/mol. The number of benzene rings is 1. The maximum absolute atomic E-state index is 11.8. The Hall–Kier alpha value is -1.81. The second-order valence-electron chi connectivity index (χ2n) is 2.39. The molecule has 0 aliphatic heterocycles. The number of rotatable bonds is 4. The van der Waals surface area contributed by atoms with Crippen molar-refractivity contribution in [3.05, 3.63) is 34.7 Å². The van der Waals surface area contributed by atoms with Gasteiger partial charge in [0.25, 0.3) is 6.43 Å². The summed E-state index contributed by atoms with van der Waals surface area (Å²) >= 11 is 0. The Morgan fingerprint density at radius 3 is 2.93 bits per heavy atom. The van der Waals surface area contributed by atoms with Gasteiger partial charge in [-0.2, -0.15) is 0 Å². The molecule has 0 radical (unpaired) electrons. The fourth-order valence-electron chi connectivity index (χ4n) is 0.846. The third kappa shape index (κ3) is 3.28. The van der Waals surface area contributed by atoms with Crippen LogP contribution in [0.5, 0.6) is 5.75 Å². The van der Waals surface area contributed by atoms with Crippen molar-refractivity contribution in [2.24, 2.45) is 5.11 Å². The molecule has 0 aliphatic carbocycles. The van der Waals surface area contributed by atoms with Crippen molar-refractivity contribution < 1.29 is 13.5 Å². The molecular formula is C8H7F2N3O. The van der Waals surface area contributed by atoms with E-state index in [1.54, 1.807) is 12.1 Å². The minimum atomic E-state index is -2.52. The number of azide groups is 1. The smallest absolute Gasteiger partial charge is 0.272 e. The van der Waals surface area contributed by atoms with Crippen LogP contribution >= 0.6 is 0 Å². The average Bonchev–Trinajstić information content (AvgIpc) is 2.16. The summed E-state index contributed by atoms with van der Waals surface area (Å²) in [6, 6.07) is 6.01. The molecule has 14 heavy (non-hydrogen) atoms. The zero-order valence-electron chi connectivity index (χ0n) is 7.10. The second kappa shape index (κ2) is 5.04. The molecule has 1 aromatic carbocycles. The van der Waals surface area contributed by atoms with Crippen LogP contribution in [0.25, 0.3) is 10.4 Å². The molecule has 0 bridgehead atoms. The van der Waals surface area contributed by atoms with E-state index >= 15 is 0 Å². The van der Waals surface area contributed by atoms with Crippen LogP contribution in [-0.2, 0) is 0 Å². The van der Waals surface area contributed by atoms with Crippen molar-refractivity contribution in [3.63, 3.8) is 0 Å². The lowest BCUT2D eigenvalue weighted by Gasteiger charge is -2.04. The molecule has 0 atom stereocenters. The largest absolute Gasteiger partial charge is 0.488 e. The van der Waals surface area contributed by atoms with Gasteiger partial charge in [0.1, 0.15) is 12.4 Å². The van der Waals surface area contributed by atoms with Crippen LogP contribution < -0.4 is 4.74 Å². The highest BCUT2D eigenvalue weighted by molar-refractivity contribution is 5.42. The van der Waals surface area contributed by atoms with Gasteiger partial charge in [0.15, 0.2) is 0 Å². The standard InChI is InChI=1S/C8H7F2N3O/c9-8(10)5-14-7-3-1-2-6(4-7)12-13-11/h1-4,8H,5H2. The minimum Gasteiger partial charge on any atom is -0.488 e. The highest BCUT2D eigenvalue weighted by atomic mass is 19.3. The minimum absolute atomic E-state index is 0.259. The third-order valence-electron chi connectivity index (χ3n) is 1.35. The Kier molecular flexibility index (Phi) is 3.69. The first-order valence-corrected chi connectivity index (χ1v) is 3.78. The van der Waals surface area contributed by atoms with Crippen LogP contribution in [0.15, 0.2) is 29.4 Å². The molecule has 6 heteroatoms. The zero-order chi connectivity index (χ0) is 10.4. The maximum atomic E-state index is 11.8. The topological polar surface area (TPSA) is 58.0 Å². The van der Waals surface area contributed by atoms with E-state index in [4.69, 9.17) is 10.3 Å². The summed E-state index contributed by atoms with van der Waals surface area (Å²) in [6.45, 7) is -0.667. The lowest BCUT2D eigenvalue weighted by atomic mass is 10.3. The maximum Gasteiger partial charge on any atom is 0.272 e. The van der Waals surface area contributed by atoms with Crippen LogP contribution in [0.1, 0.15) is 0 Å². The van der Waals surface area contributed by atoms with Gasteiger partial charge in [-0.05, 0) is 17.7 Å². The molecule has 0 saturated carbocycles. The van der Waals surface area contributed by atoms with Gasteiger partial charge in [-0.25, -0.2) is 8.78 Å². The van der Waals surface area contributed by atoms with Crippen molar-refractivity contribution in [1.29, 1.82) is 0 Å². The molecule has 0 aromatic heterocycles. The highest BCUT2D eigenvalue weighted by Crippen LogP contribution is 2.20. The Labute approximate surface area is 78.7 Å². The van der Waals surface area contributed by atoms with Crippen molar-refractivity contribution >= 4 is 5.69 Å². The monoisotopic (exact) mass is 199 g/mol. The van der Waals surface area contributed by atoms with Crippen LogP contribution in [0.4, 0.5) is 14.5 Å². The van der Waals surface area contributed by atoms with Gasteiger partial charge in [-0.3, -0.25) is 0 Å². The molecule has 0 spiro atoms. The van der Waals surface area contributed by atoms with Crippen LogP contribution in [0, 0.1) is 0 Å². The SMILES string of the molecule is [N-]=[N+]=Nc1cccc(OCC(F)F)c1. The summed E-state index contributed by atoms with van der Waals surface area (Å²) in [6.07, 6.45) is -2.52. The molecular weight excluding hydrogens is 192 g/mol. The summed E-state index contributed by atoms with van der Waals surface area (Å²) in [4.78, 5) is 2.56. The molecule has 4 nitrogen and oxygen atoms in total. The second-order valence-corrected chi connectivity index (χ2v) is 2.39. The first-order valence-electron chi connectivity index (χ1n) is 3.78. The van der Waals surface area contributed by atoms with E-state index in [1.807, 2.05) is 0 Å². The zero-order valence-corrected chi connectivity index (χ0v) is 7.10. The number of ether oxygens (including phenoxy) is 1. The Balaban J connectivity index is 2.68. The number of hydrogen-bond donors (Lipinski definition) is 0. The molecule has 0 N–H and O–H groups in total. The summed E-state index contributed by atoms with van der Waals surface area (Å²) in [5.41, 5.74) is 8.46. The van der Waals surface area contributed by atoms with Gasteiger partial charge in [0, 0.05) is 10.6 Å².